The third-order valence-electron chi connectivity index (χ3n) is 4.10. The Morgan fingerprint density at radius 2 is 1.90 bits per heavy atom. The van der Waals surface area contributed by atoms with Crippen LogP contribution < -0.4 is 15.7 Å². The van der Waals surface area contributed by atoms with E-state index >= 15 is 0 Å². The topological polar surface area (TPSA) is 82.5 Å². The minimum atomic E-state index is -4.41. The van der Waals surface area contributed by atoms with Crippen LogP contribution in [0.3, 0.4) is 0 Å². The average molecular weight is 431 g/mol. The number of nitrogens with zero attached hydrogens (tertiary/aromatic N) is 3. The molecule has 3 N–H and O–H groups in total. The normalized spacial score (nSPS) is 12.6. The SMILES string of the molecule is CCN(Cc1ccc(C(F)(F)F)cc1)c1ncnc(NOCCNCC(C)O)c1F. The van der Waals surface area contributed by atoms with Crippen molar-refractivity contribution in [3.8, 4) is 0 Å². The summed E-state index contributed by atoms with van der Waals surface area (Å²) in [5.41, 5.74) is 2.27. The van der Waals surface area contributed by atoms with Gasteiger partial charge in [-0.25, -0.2) is 15.4 Å². The number of aliphatic hydroxyl groups excluding tert-OH is 1. The number of rotatable bonds is 11. The maximum atomic E-state index is 14.8. The number of aromatic nitrogens is 2. The second-order valence-corrected chi connectivity index (χ2v) is 6.57. The van der Waals surface area contributed by atoms with E-state index in [1.54, 1.807) is 18.7 Å². The molecule has 1 unspecified atom stereocenters. The Labute approximate surface area is 172 Å². The first-order chi connectivity index (χ1) is 14.2. The number of benzene rings is 1. The Kier molecular flexibility index (Phi) is 8.75. The van der Waals surface area contributed by atoms with Gasteiger partial charge in [0.1, 0.15) is 6.33 Å². The van der Waals surface area contributed by atoms with Crippen LogP contribution in [-0.2, 0) is 17.6 Å². The van der Waals surface area contributed by atoms with E-state index in [-0.39, 0.29) is 24.8 Å². The molecule has 1 atom stereocenters. The smallest absolute Gasteiger partial charge is 0.392 e. The number of aliphatic hydroxyl groups is 1. The van der Waals surface area contributed by atoms with E-state index < -0.39 is 23.7 Å². The van der Waals surface area contributed by atoms with Gasteiger partial charge < -0.3 is 15.3 Å². The van der Waals surface area contributed by atoms with Crippen molar-refractivity contribution in [2.75, 3.05) is 36.6 Å². The van der Waals surface area contributed by atoms with E-state index in [1.807, 2.05) is 0 Å². The molecule has 7 nitrogen and oxygen atoms in total. The molecular weight excluding hydrogens is 406 g/mol. The number of nitrogens with one attached hydrogen (secondary N) is 2. The minimum Gasteiger partial charge on any atom is -0.392 e. The van der Waals surface area contributed by atoms with Gasteiger partial charge in [0.15, 0.2) is 11.6 Å². The van der Waals surface area contributed by atoms with E-state index in [2.05, 4.69) is 20.8 Å². The Morgan fingerprint density at radius 3 is 2.50 bits per heavy atom. The maximum absolute atomic E-state index is 14.8. The summed E-state index contributed by atoms with van der Waals surface area (Å²) in [6, 6.07) is 4.69. The highest BCUT2D eigenvalue weighted by Crippen LogP contribution is 2.29. The van der Waals surface area contributed by atoms with E-state index in [4.69, 9.17) is 9.94 Å². The third-order valence-corrected chi connectivity index (χ3v) is 4.10. The summed E-state index contributed by atoms with van der Waals surface area (Å²) < 4.78 is 52.9. The highest BCUT2D eigenvalue weighted by Gasteiger charge is 2.30. The van der Waals surface area contributed by atoms with Crippen LogP contribution in [0.25, 0.3) is 0 Å². The van der Waals surface area contributed by atoms with Gasteiger partial charge >= 0.3 is 6.18 Å². The number of halogens is 4. The van der Waals surface area contributed by atoms with Crippen LogP contribution in [0.4, 0.5) is 29.2 Å². The standard InChI is InChI=1S/C19H25F4N5O2/c1-3-28(11-14-4-6-15(7-5-14)19(21,22)23)18-16(20)17(25-12-26-18)27-30-9-8-24-10-13(2)29/h4-7,12-13,24,29H,3,8-11H2,1-2H3,(H,25,26,27). The summed E-state index contributed by atoms with van der Waals surface area (Å²) in [5.74, 6) is -0.879. The molecule has 0 aliphatic rings. The highest BCUT2D eigenvalue weighted by molar-refractivity contribution is 5.50. The number of hydrogen-bond donors (Lipinski definition) is 3. The van der Waals surface area contributed by atoms with Gasteiger partial charge in [0.05, 0.1) is 18.3 Å². The van der Waals surface area contributed by atoms with Crippen LogP contribution in [-0.4, -0.2) is 47.4 Å². The zero-order valence-electron chi connectivity index (χ0n) is 16.7. The van der Waals surface area contributed by atoms with E-state index in [1.165, 1.54) is 18.5 Å². The number of hydrogen-bond acceptors (Lipinski definition) is 7. The molecule has 0 radical (unpaired) electrons. The fourth-order valence-corrected chi connectivity index (χ4v) is 2.56. The molecular formula is C19H25F4N5O2. The van der Waals surface area contributed by atoms with Gasteiger partial charge in [0.25, 0.3) is 0 Å². The molecule has 0 spiro atoms. The van der Waals surface area contributed by atoms with Crippen LogP contribution in [0.5, 0.6) is 0 Å². The number of alkyl halides is 3. The zero-order chi connectivity index (χ0) is 22.1. The summed E-state index contributed by atoms with van der Waals surface area (Å²) >= 11 is 0. The Morgan fingerprint density at radius 1 is 1.20 bits per heavy atom. The molecule has 1 aromatic heterocycles. The molecule has 1 aromatic carbocycles. The molecule has 0 bridgehead atoms. The molecule has 0 fully saturated rings. The zero-order valence-corrected chi connectivity index (χ0v) is 16.7. The monoisotopic (exact) mass is 431 g/mol. The lowest BCUT2D eigenvalue weighted by molar-refractivity contribution is -0.137. The van der Waals surface area contributed by atoms with Gasteiger partial charge in [0.2, 0.25) is 5.82 Å². The quantitative estimate of drug-likeness (QED) is 0.287. The summed E-state index contributed by atoms with van der Waals surface area (Å²) in [5, 5.41) is 12.1. The van der Waals surface area contributed by atoms with Crippen LogP contribution >= 0.6 is 0 Å². The lowest BCUT2D eigenvalue weighted by atomic mass is 10.1. The van der Waals surface area contributed by atoms with Crippen molar-refractivity contribution in [2.24, 2.45) is 0 Å². The van der Waals surface area contributed by atoms with Gasteiger partial charge in [-0.2, -0.15) is 17.6 Å². The Bertz CT molecular complexity index is 787. The van der Waals surface area contributed by atoms with Crippen LogP contribution in [0.1, 0.15) is 25.0 Å². The van der Waals surface area contributed by atoms with Gasteiger partial charge in [-0.05, 0) is 31.5 Å². The second-order valence-electron chi connectivity index (χ2n) is 6.57. The molecule has 0 saturated heterocycles. The first-order valence-electron chi connectivity index (χ1n) is 9.40. The van der Waals surface area contributed by atoms with Crippen LogP contribution in [0.15, 0.2) is 30.6 Å². The van der Waals surface area contributed by atoms with Crippen molar-refractivity contribution < 1.29 is 27.5 Å². The molecule has 2 aromatic rings. The molecule has 0 saturated carbocycles. The largest absolute Gasteiger partial charge is 0.416 e. The molecule has 2 rings (SSSR count). The molecule has 11 heteroatoms. The van der Waals surface area contributed by atoms with Crippen molar-refractivity contribution in [3.05, 3.63) is 47.5 Å². The molecule has 30 heavy (non-hydrogen) atoms. The van der Waals surface area contributed by atoms with E-state index in [9.17, 15) is 17.6 Å². The summed E-state index contributed by atoms with van der Waals surface area (Å²) in [7, 11) is 0. The Balaban J connectivity index is 2.00. The lowest BCUT2D eigenvalue weighted by Gasteiger charge is -2.23. The highest BCUT2D eigenvalue weighted by atomic mass is 19.4. The van der Waals surface area contributed by atoms with Crippen LogP contribution in [0, 0.1) is 5.82 Å². The molecule has 0 aliphatic carbocycles. The molecule has 1 heterocycles. The predicted octanol–water partition coefficient (Wildman–Crippen LogP) is 2.97. The first-order valence-corrected chi connectivity index (χ1v) is 9.40. The van der Waals surface area contributed by atoms with E-state index in [0.717, 1.165) is 12.1 Å². The number of anilines is 2. The van der Waals surface area contributed by atoms with Crippen molar-refractivity contribution in [2.45, 2.75) is 32.7 Å². The van der Waals surface area contributed by atoms with Gasteiger partial charge in [-0.15, -0.1) is 0 Å². The summed E-state index contributed by atoms with van der Waals surface area (Å²) in [6.45, 7) is 5.02. The molecule has 0 aliphatic heterocycles. The minimum absolute atomic E-state index is 0.00530. The van der Waals surface area contributed by atoms with Crippen LogP contribution in [0.2, 0.25) is 0 Å². The maximum Gasteiger partial charge on any atom is 0.416 e. The van der Waals surface area contributed by atoms with Crippen molar-refractivity contribution in [1.82, 2.24) is 15.3 Å². The fourth-order valence-electron chi connectivity index (χ4n) is 2.56. The third kappa shape index (κ3) is 7.08. The predicted molar refractivity (Wildman–Crippen MR) is 104 cm³/mol. The average Bonchev–Trinajstić information content (AvgIpc) is 2.69. The van der Waals surface area contributed by atoms with Crippen molar-refractivity contribution in [1.29, 1.82) is 0 Å². The summed E-state index contributed by atoms with van der Waals surface area (Å²) in [4.78, 5) is 14.5. The Hall–Kier alpha value is -2.50. The van der Waals surface area contributed by atoms with Crippen molar-refractivity contribution in [3.63, 3.8) is 0 Å². The first kappa shape index (κ1) is 23.8. The fraction of sp³-hybridized carbons (Fsp3) is 0.474. The molecule has 166 valence electrons. The summed E-state index contributed by atoms with van der Waals surface area (Å²) in [6.07, 6.45) is -3.72. The second kappa shape index (κ2) is 11.0. The van der Waals surface area contributed by atoms with Crippen molar-refractivity contribution >= 4 is 11.6 Å². The van der Waals surface area contributed by atoms with Gasteiger partial charge in [-0.1, -0.05) is 12.1 Å². The van der Waals surface area contributed by atoms with Gasteiger partial charge in [-0.3, -0.25) is 4.84 Å². The lowest BCUT2D eigenvalue weighted by Crippen LogP contribution is -2.28. The molecule has 0 amide bonds. The van der Waals surface area contributed by atoms with Gasteiger partial charge in [0, 0.05) is 26.2 Å². The van der Waals surface area contributed by atoms with E-state index in [0.29, 0.717) is 25.2 Å².